The highest BCUT2D eigenvalue weighted by atomic mass is 79.9. The number of halogens is 2. The van der Waals surface area contributed by atoms with Gasteiger partial charge in [0.1, 0.15) is 11.6 Å². The van der Waals surface area contributed by atoms with Crippen LogP contribution in [-0.4, -0.2) is 35.1 Å². The molecule has 32 heavy (non-hydrogen) atoms. The van der Waals surface area contributed by atoms with Gasteiger partial charge >= 0.3 is 5.97 Å². The van der Waals surface area contributed by atoms with Crippen LogP contribution in [0, 0.1) is 0 Å². The maximum absolute atomic E-state index is 13.1. The summed E-state index contributed by atoms with van der Waals surface area (Å²) in [7, 11) is 0. The first-order chi connectivity index (χ1) is 15.4. The van der Waals surface area contributed by atoms with Gasteiger partial charge in [-0.05, 0) is 71.2 Å². The van der Waals surface area contributed by atoms with Crippen LogP contribution in [0.4, 0.5) is 0 Å². The van der Waals surface area contributed by atoms with Crippen LogP contribution in [0.15, 0.2) is 55.2 Å². The molecule has 7 nitrogen and oxygen atoms in total. The van der Waals surface area contributed by atoms with E-state index in [0.29, 0.717) is 40.0 Å². The number of rotatable bonds is 9. The molecule has 9 heteroatoms. The minimum absolute atomic E-state index is 0.172. The summed E-state index contributed by atoms with van der Waals surface area (Å²) in [5, 5.41) is 4.94. The molecule has 0 amide bonds. The van der Waals surface area contributed by atoms with Crippen molar-refractivity contribution in [1.82, 2.24) is 9.66 Å². The average Bonchev–Trinajstić information content (AvgIpc) is 2.77. The lowest BCUT2D eigenvalue weighted by Gasteiger charge is -2.10. The predicted molar refractivity (Wildman–Crippen MR) is 132 cm³/mol. The Morgan fingerprint density at radius 3 is 2.72 bits per heavy atom. The van der Waals surface area contributed by atoms with Gasteiger partial charge in [0.15, 0.2) is 6.61 Å². The first-order valence-electron chi connectivity index (χ1n) is 10.3. The van der Waals surface area contributed by atoms with Gasteiger partial charge in [-0.15, -0.1) is 0 Å². The van der Waals surface area contributed by atoms with E-state index in [1.165, 1.54) is 4.68 Å². The van der Waals surface area contributed by atoms with Crippen LogP contribution in [0.3, 0.4) is 0 Å². The van der Waals surface area contributed by atoms with Crippen molar-refractivity contribution in [3.05, 3.63) is 67.1 Å². The molecule has 0 aliphatic heterocycles. The minimum Gasteiger partial charge on any atom is -0.481 e. The molecule has 0 radical (unpaired) electrons. The molecule has 0 unspecified atom stereocenters. The Morgan fingerprint density at radius 1 is 1.19 bits per heavy atom. The average molecular weight is 565 g/mol. The number of ether oxygens (including phenoxy) is 2. The number of esters is 1. The number of aromatic nitrogens is 2. The third-order valence-electron chi connectivity index (χ3n) is 4.56. The highest BCUT2D eigenvalue weighted by Gasteiger charge is 2.11. The Labute approximate surface area is 202 Å². The first kappa shape index (κ1) is 24.1. The first-order valence-corrected chi connectivity index (χ1v) is 11.8. The maximum Gasteiger partial charge on any atom is 0.344 e. The van der Waals surface area contributed by atoms with Crippen molar-refractivity contribution in [3.63, 3.8) is 0 Å². The van der Waals surface area contributed by atoms with Gasteiger partial charge in [0.25, 0.3) is 5.56 Å². The Bertz CT molecular complexity index is 1210. The highest BCUT2D eigenvalue weighted by molar-refractivity contribution is 9.10. The molecular weight excluding hydrogens is 542 g/mol. The van der Waals surface area contributed by atoms with Gasteiger partial charge in [0.2, 0.25) is 0 Å². The largest absolute Gasteiger partial charge is 0.481 e. The van der Waals surface area contributed by atoms with E-state index in [1.54, 1.807) is 37.4 Å². The topological polar surface area (TPSA) is 82.8 Å². The Morgan fingerprint density at radius 2 is 2.00 bits per heavy atom. The van der Waals surface area contributed by atoms with Crippen LogP contribution in [0.1, 0.15) is 38.1 Å². The summed E-state index contributed by atoms with van der Waals surface area (Å²) in [5.41, 5.74) is 1.19. The van der Waals surface area contributed by atoms with Gasteiger partial charge in [-0.25, -0.2) is 9.78 Å². The number of hydrogen-bond acceptors (Lipinski definition) is 6. The summed E-state index contributed by atoms with van der Waals surface area (Å²) in [4.78, 5) is 29.3. The van der Waals surface area contributed by atoms with Crippen molar-refractivity contribution in [2.24, 2.45) is 5.10 Å². The molecule has 0 fully saturated rings. The van der Waals surface area contributed by atoms with Gasteiger partial charge < -0.3 is 9.47 Å². The molecule has 2 aromatic carbocycles. The van der Waals surface area contributed by atoms with Crippen molar-refractivity contribution >= 4 is 54.9 Å². The molecule has 0 saturated heterocycles. The zero-order chi connectivity index (χ0) is 23.1. The van der Waals surface area contributed by atoms with Crippen molar-refractivity contribution in [1.29, 1.82) is 0 Å². The van der Waals surface area contributed by atoms with E-state index in [1.807, 2.05) is 12.1 Å². The lowest BCUT2D eigenvalue weighted by Crippen LogP contribution is -2.22. The van der Waals surface area contributed by atoms with Crippen molar-refractivity contribution in [2.75, 3.05) is 13.2 Å². The van der Waals surface area contributed by atoms with Crippen LogP contribution in [0.25, 0.3) is 10.9 Å². The summed E-state index contributed by atoms with van der Waals surface area (Å²) in [6.07, 6.45) is 4.14. The third kappa shape index (κ3) is 6.04. The molecule has 3 aromatic rings. The van der Waals surface area contributed by atoms with Crippen LogP contribution < -0.4 is 10.3 Å². The molecule has 0 aliphatic carbocycles. The standard InChI is InChI=1S/C23H23Br2N3O4/c1-3-5-6-21-27-19-9-8-16(24)12-17(19)23(30)28(21)26-13-15-7-10-20(18(25)11-15)32-14-22(29)31-4-2/h7-13H,3-6,14H2,1-2H3. The minimum atomic E-state index is -0.431. The molecule has 0 N–H and O–H groups in total. The number of nitrogens with zero attached hydrogens (tertiary/aromatic N) is 3. The predicted octanol–water partition coefficient (Wildman–Crippen LogP) is 5.09. The molecular formula is C23H23Br2N3O4. The number of carbonyl (C=O) groups is 1. The summed E-state index contributed by atoms with van der Waals surface area (Å²) >= 11 is 6.85. The quantitative estimate of drug-likeness (QED) is 0.267. The number of carbonyl (C=O) groups excluding carboxylic acids is 1. The number of hydrogen-bond donors (Lipinski definition) is 0. The van der Waals surface area contributed by atoms with E-state index >= 15 is 0 Å². The number of fused-ring (bicyclic) bond motifs is 1. The van der Waals surface area contributed by atoms with E-state index in [4.69, 9.17) is 9.47 Å². The second-order valence-corrected chi connectivity index (χ2v) is 8.71. The smallest absolute Gasteiger partial charge is 0.344 e. The lowest BCUT2D eigenvalue weighted by molar-refractivity contribution is -0.145. The fourth-order valence-corrected chi connectivity index (χ4v) is 3.86. The molecule has 0 aliphatic rings. The second kappa shape index (κ2) is 11.4. The van der Waals surface area contributed by atoms with E-state index in [-0.39, 0.29) is 12.2 Å². The van der Waals surface area contributed by atoms with Gasteiger partial charge in [-0.2, -0.15) is 9.78 Å². The number of unbranched alkanes of at least 4 members (excludes halogenated alkanes) is 1. The summed E-state index contributed by atoms with van der Waals surface area (Å²) in [6, 6.07) is 10.8. The molecule has 1 aromatic heterocycles. The van der Waals surface area contributed by atoms with E-state index in [9.17, 15) is 9.59 Å². The number of benzene rings is 2. The zero-order valence-electron chi connectivity index (χ0n) is 17.8. The zero-order valence-corrected chi connectivity index (χ0v) is 21.0. The molecule has 1 heterocycles. The van der Waals surface area contributed by atoms with Gasteiger partial charge in [0.05, 0.1) is 28.2 Å². The van der Waals surface area contributed by atoms with Crippen LogP contribution in [0.2, 0.25) is 0 Å². The van der Waals surface area contributed by atoms with Gasteiger partial charge in [0, 0.05) is 10.9 Å². The third-order valence-corrected chi connectivity index (χ3v) is 5.67. The highest BCUT2D eigenvalue weighted by Crippen LogP contribution is 2.25. The van der Waals surface area contributed by atoms with Crippen molar-refractivity contribution in [2.45, 2.75) is 33.1 Å². The fraction of sp³-hybridized carbons (Fsp3) is 0.304. The number of aryl methyl sites for hydroxylation is 1. The SMILES string of the molecule is CCCCc1nc2ccc(Br)cc2c(=O)n1N=Cc1ccc(OCC(=O)OCC)c(Br)c1. The molecule has 0 spiro atoms. The van der Waals surface area contributed by atoms with E-state index in [2.05, 4.69) is 48.9 Å². The molecule has 3 rings (SSSR count). The van der Waals surface area contributed by atoms with Crippen LogP contribution in [0.5, 0.6) is 5.75 Å². The summed E-state index contributed by atoms with van der Waals surface area (Å²) in [6.45, 7) is 3.96. The summed E-state index contributed by atoms with van der Waals surface area (Å²) in [5.74, 6) is 0.698. The van der Waals surface area contributed by atoms with Crippen LogP contribution in [-0.2, 0) is 16.0 Å². The molecule has 0 saturated carbocycles. The van der Waals surface area contributed by atoms with Gasteiger partial charge in [-0.1, -0.05) is 29.3 Å². The van der Waals surface area contributed by atoms with Crippen molar-refractivity contribution < 1.29 is 14.3 Å². The van der Waals surface area contributed by atoms with Gasteiger partial charge in [-0.3, -0.25) is 4.79 Å². The normalized spacial score (nSPS) is 11.2. The van der Waals surface area contributed by atoms with Crippen LogP contribution >= 0.6 is 31.9 Å². The van der Waals surface area contributed by atoms with Crippen molar-refractivity contribution in [3.8, 4) is 5.75 Å². The second-order valence-electron chi connectivity index (χ2n) is 6.94. The molecule has 0 bridgehead atoms. The Balaban J connectivity index is 1.90. The van der Waals surface area contributed by atoms with E-state index < -0.39 is 5.97 Å². The Kier molecular flexibility index (Phi) is 8.58. The monoisotopic (exact) mass is 563 g/mol. The summed E-state index contributed by atoms with van der Waals surface area (Å²) < 4.78 is 13.2. The lowest BCUT2D eigenvalue weighted by atomic mass is 10.2. The maximum atomic E-state index is 13.1. The molecule has 0 atom stereocenters. The fourth-order valence-electron chi connectivity index (χ4n) is 2.99. The van der Waals surface area contributed by atoms with E-state index in [0.717, 1.165) is 22.9 Å². The Hall–Kier alpha value is -2.52. The molecule has 168 valence electrons.